The third-order valence-corrected chi connectivity index (χ3v) is 5.48. The molecule has 0 bridgehead atoms. The Hall–Kier alpha value is -2.60. The van der Waals surface area contributed by atoms with E-state index in [2.05, 4.69) is 46.7 Å². The van der Waals surface area contributed by atoms with Crippen molar-refractivity contribution in [1.82, 2.24) is 20.1 Å². The molecule has 1 amide bonds. The van der Waals surface area contributed by atoms with E-state index in [9.17, 15) is 4.79 Å². The Kier molecular flexibility index (Phi) is 6.29. The molecule has 6 heteroatoms. The maximum atomic E-state index is 12.3. The summed E-state index contributed by atoms with van der Waals surface area (Å²) >= 11 is 1.39. The highest BCUT2D eigenvalue weighted by Gasteiger charge is 2.14. The molecule has 0 radical (unpaired) electrons. The molecule has 1 heterocycles. The number of carbonyl (C=O) groups excluding carboxylic acids is 1. The van der Waals surface area contributed by atoms with Gasteiger partial charge in [-0.25, -0.2) is 0 Å². The fourth-order valence-electron chi connectivity index (χ4n) is 2.82. The number of rotatable bonds is 7. The Bertz CT molecular complexity index is 890. The van der Waals surface area contributed by atoms with E-state index >= 15 is 0 Å². The molecule has 0 saturated carbocycles. The monoisotopic (exact) mass is 380 g/mol. The van der Waals surface area contributed by atoms with Gasteiger partial charge in [-0.05, 0) is 24.5 Å². The number of benzene rings is 2. The van der Waals surface area contributed by atoms with Crippen molar-refractivity contribution in [3.8, 4) is 11.4 Å². The molecule has 1 aromatic heterocycles. The third-order valence-electron chi connectivity index (χ3n) is 4.46. The van der Waals surface area contributed by atoms with Crippen molar-refractivity contribution in [1.29, 1.82) is 0 Å². The van der Waals surface area contributed by atoms with Crippen molar-refractivity contribution in [2.24, 2.45) is 7.05 Å². The number of amides is 1. The van der Waals surface area contributed by atoms with Crippen molar-refractivity contribution < 1.29 is 4.79 Å². The highest BCUT2D eigenvalue weighted by atomic mass is 32.2. The van der Waals surface area contributed by atoms with Gasteiger partial charge in [-0.2, -0.15) is 0 Å². The van der Waals surface area contributed by atoms with Crippen LogP contribution in [-0.4, -0.2) is 26.4 Å². The van der Waals surface area contributed by atoms with Crippen molar-refractivity contribution in [3.05, 3.63) is 65.7 Å². The zero-order valence-electron chi connectivity index (χ0n) is 15.8. The molecule has 0 aliphatic rings. The van der Waals surface area contributed by atoms with Gasteiger partial charge >= 0.3 is 0 Å². The summed E-state index contributed by atoms with van der Waals surface area (Å²) in [4.78, 5) is 12.3. The summed E-state index contributed by atoms with van der Waals surface area (Å²) in [6, 6.07) is 18.2. The second-order valence-electron chi connectivity index (χ2n) is 6.40. The predicted octanol–water partition coefficient (Wildman–Crippen LogP) is 4.01. The first-order valence-corrected chi connectivity index (χ1v) is 10.0. The molecule has 2 aromatic carbocycles. The van der Waals surface area contributed by atoms with Gasteiger partial charge in [-0.1, -0.05) is 73.3 Å². The lowest BCUT2D eigenvalue weighted by molar-refractivity contribution is -0.119. The van der Waals surface area contributed by atoms with Crippen LogP contribution < -0.4 is 5.32 Å². The van der Waals surface area contributed by atoms with Crippen LogP contribution in [0.4, 0.5) is 0 Å². The first-order chi connectivity index (χ1) is 13.1. The summed E-state index contributed by atoms with van der Waals surface area (Å²) in [6.07, 6.45) is 1.01. The molecule has 5 nitrogen and oxygen atoms in total. The average Bonchev–Trinajstić information content (AvgIpc) is 3.07. The predicted molar refractivity (Wildman–Crippen MR) is 110 cm³/mol. The van der Waals surface area contributed by atoms with Crippen LogP contribution in [0.25, 0.3) is 11.4 Å². The molecule has 1 N–H and O–H groups in total. The van der Waals surface area contributed by atoms with Gasteiger partial charge in [0.05, 0.1) is 11.8 Å². The van der Waals surface area contributed by atoms with Crippen LogP contribution in [0.5, 0.6) is 0 Å². The number of nitrogens with one attached hydrogen (secondary N) is 1. The molecule has 140 valence electrons. The highest BCUT2D eigenvalue weighted by Crippen LogP contribution is 2.22. The Morgan fingerprint density at radius 3 is 2.48 bits per heavy atom. The molecule has 0 aliphatic heterocycles. The van der Waals surface area contributed by atoms with E-state index in [0.717, 1.165) is 28.5 Å². The van der Waals surface area contributed by atoms with Gasteiger partial charge in [0.15, 0.2) is 11.0 Å². The summed E-state index contributed by atoms with van der Waals surface area (Å²) < 4.78 is 1.92. The average molecular weight is 381 g/mol. The van der Waals surface area contributed by atoms with E-state index in [1.54, 1.807) is 0 Å². The maximum absolute atomic E-state index is 12.3. The van der Waals surface area contributed by atoms with Crippen LogP contribution in [0.15, 0.2) is 59.8 Å². The number of carbonyl (C=O) groups is 1. The number of aromatic nitrogens is 3. The fourth-order valence-corrected chi connectivity index (χ4v) is 3.54. The number of thioether (sulfide) groups is 1. The molecule has 3 aromatic rings. The summed E-state index contributed by atoms with van der Waals surface area (Å²) in [6.45, 7) is 4.13. The quantitative estimate of drug-likeness (QED) is 0.629. The number of hydrogen-bond donors (Lipinski definition) is 1. The first-order valence-electron chi connectivity index (χ1n) is 9.04. The Morgan fingerprint density at radius 1 is 1.11 bits per heavy atom. The van der Waals surface area contributed by atoms with Gasteiger partial charge in [-0.3, -0.25) is 4.79 Å². The van der Waals surface area contributed by atoms with Crippen LogP contribution in [0.2, 0.25) is 0 Å². The number of aryl methyl sites for hydroxylation is 1. The van der Waals surface area contributed by atoms with Crippen molar-refractivity contribution in [3.63, 3.8) is 0 Å². The first kappa shape index (κ1) is 19.2. The van der Waals surface area contributed by atoms with Crippen molar-refractivity contribution in [2.75, 3.05) is 5.75 Å². The molecule has 27 heavy (non-hydrogen) atoms. The Labute approximate surface area is 164 Å². The lowest BCUT2D eigenvalue weighted by atomic mass is 10.1. The van der Waals surface area contributed by atoms with Gasteiger partial charge < -0.3 is 9.88 Å². The standard InChI is InChI=1S/C21H24N4OS/c1-4-16-10-12-17(13-11-16)15(2)22-19(26)14-27-21-24-23-20(25(21)3)18-8-6-5-7-9-18/h5-13,15H,4,14H2,1-3H3,(H,22,26)/t15-/m1/s1. The second-order valence-corrected chi connectivity index (χ2v) is 7.35. The van der Waals surface area contributed by atoms with E-state index in [1.807, 2.05) is 48.9 Å². The molecule has 0 saturated heterocycles. The molecule has 0 fully saturated rings. The van der Waals surface area contributed by atoms with Crippen LogP contribution in [0.1, 0.15) is 31.0 Å². The minimum atomic E-state index is -0.0246. The molecule has 0 unspecified atom stereocenters. The summed E-state index contributed by atoms with van der Waals surface area (Å²) in [5, 5.41) is 12.2. The van der Waals surface area contributed by atoms with Gasteiger partial charge in [-0.15, -0.1) is 10.2 Å². The summed E-state index contributed by atoms with van der Waals surface area (Å²) in [5.74, 6) is 1.08. The van der Waals surface area contributed by atoms with Crippen LogP contribution in [-0.2, 0) is 18.3 Å². The zero-order valence-corrected chi connectivity index (χ0v) is 16.7. The minimum absolute atomic E-state index is 0.0173. The Balaban J connectivity index is 1.57. The van der Waals surface area contributed by atoms with Crippen LogP contribution >= 0.6 is 11.8 Å². The molecule has 1 atom stereocenters. The normalized spacial score (nSPS) is 12.0. The smallest absolute Gasteiger partial charge is 0.230 e. The van der Waals surface area contributed by atoms with E-state index in [1.165, 1.54) is 17.3 Å². The van der Waals surface area contributed by atoms with Crippen molar-refractivity contribution in [2.45, 2.75) is 31.5 Å². The topological polar surface area (TPSA) is 59.8 Å². The lowest BCUT2D eigenvalue weighted by Gasteiger charge is -2.14. The largest absolute Gasteiger partial charge is 0.349 e. The molecular weight excluding hydrogens is 356 g/mol. The maximum Gasteiger partial charge on any atom is 0.230 e. The van der Waals surface area contributed by atoms with Crippen LogP contribution in [0, 0.1) is 0 Å². The van der Waals surface area contributed by atoms with Crippen molar-refractivity contribution >= 4 is 17.7 Å². The van der Waals surface area contributed by atoms with E-state index in [-0.39, 0.29) is 11.9 Å². The third kappa shape index (κ3) is 4.77. The number of nitrogens with zero attached hydrogens (tertiary/aromatic N) is 3. The molecule has 3 rings (SSSR count). The fraction of sp³-hybridized carbons (Fsp3) is 0.286. The van der Waals surface area contributed by atoms with Crippen LogP contribution in [0.3, 0.4) is 0 Å². The molecule has 0 spiro atoms. The summed E-state index contributed by atoms with van der Waals surface area (Å²) in [7, 11) is 1.92. The summed E-state index contributed by atoms with van der Waals surface area (Å²) in [5.41, 5.74) is 3.41. The van der Waals surface area contributed by atoms with Gasteiger partial charge in [0.2, 0.25) is 5.91 Å². The van der Waals surface area contributed by atoms with Gasteiger partial charge in [0, 0.05) is 12.6 Å². The highest BCUT2D eigenvalue weighted by molar-refractivity contribution is 7.99. The number of hydrogen-bond acceptors (Lipinski definition) is 4. The van der Waals surface area contributed by atoms with E-state index in [4.69, 9.17) is 0 Å². The molecular formula is C21H24N4OS. The van der Waals surface area contributed by atoms with Gasteiger partial charge in [0.25, 0.3) is 0 Å². The van der Waals surface area contributed by atoms with E-state index in [0.29, 0.717) is 5.75 Å². The zero-order chi connectivity index (χ0) is 19.2. The SMILES string of the molecule is CCc1ccc([C@@H](C)NC(=O)CSc2nnc(-c3ccccc3)n2C)cc1. The minimum Gasteiger partial charge on any atom is -0.349 e. The van der Waals surface area contributed by atoms with E-state index < -0.39 is 0 Å². The van der Waals surface area contributed by atoms with Gasteiger partial charge in [0.1, 0.15) is 0 Å². The Morgan fingerprint density at radius 2 is 1.81 bits per heavy atom. The molecule has 0 aliphatic carbocycles. The second kappa shape index (κ2) is 8.86. The lowest BCUT2D eigenvalue weighted by Crippen LogP contribution is -2.28.